The van der Waals surface area contributed by atoms with E-state index in [2.05, 4.69) is 132 Å². The second-order valence-electron chi connectivity index (χ2n) is 11.9. The molecule has 2 aromatic heterocycles. The topological polar surface area (TPSA) is 57.4 Å². The first kappa shape index (κ1) is 26.5. The summed E-state index contributed by atoms with van der Waals surface area (Å²) in [6.07, 6.45) is 0. The average Bonchev–Trinajstić information content (AvgIpc) is 3.55. The van der Waals surface area contributed by atoms with Crippen molar-refractivity contribution in [3.8, 4) is 34.6 Å². The van der Waals surface area contributed by atoms with Gasteiger partial charge in [-0.3, -0.25) is 0 Å². The molecule has 6 aromatic carbocycles. The third kappa shape index (κ3) is 4.04. The van der Waals surface area contributed by atoms with Crippen molar-refractivity contribution in [2.45, 2.75) is 20.8 Å². The van der Waals surface area contributed by atoms with Crippen LogP contribution in [0.5, 0.6) is 0 Å². The molecular weight excluding hydrogens is 548 g/mol. The molecule has 0 saturated heterocycles. The highest BCUT2D eigenvalue weighted by molar-refractivity contribution is 6.12. The van der Waals surface area contributed by atoms with E-state index in [1.807, 2.05) is 25.1 Å². The summed E-state index contributed by atoms with van der Waals surface area (Å²) in [5, 5.41) is 25.1. The Morgan fingerprint density at radius 1 is 0.467 bits per heavy atom. The zero-order valence-corrected chi connectivity index (χ0v) is 25.3. The van der Waals surface area contributed by atoms with Crippen molar-refractivity contribution in [1.82, 2.24) is 9.13 Å². The molecule has 0 N–H and O–H groups in total. The van der Waals surface area contributed by atoms with E-state index in [1.54, 1.807) is 0 Å². The Labute approximate surface area is 261 Å². The Bertz CT molecular complexity index is 2600. The first-order chi connectivity index (χ1) is 21.9. The van der Waals surface area contributed by atoms with Gasteiger partial charge in [0.25, 0.3) is 0 Å². The lowest BCUT2D eigenvalue weighted by Crippen LogP contribution is -2.05. The van der Waals surface area contributed by atoms with E-state index in [9.17, 15) is 10.5 Å². The molecule has 2 heterocycles. The monoisotopic (exact) mass is 576 g/mol. The van der Waals surface area contributed by atoms with E-state index in [0.717, 1.165) is 55.5 Å². The zero-order valence-electron chi connectivity index (χ0n) is 25.3. The molecule has 0 fully saturated rings. The largest absolute Gasteiger partial charge is 0.307 e. The molecule has 0 unspecified atom stereocenters. The van der Waals surface area contributed by atoms with Gasteiger partial charge in [-0.2, -0.15) is 10.5 Å². The van der Waals surface area contributed by atoms with E-state index < -0.39 is 0 Å². The highest BCUT2D eigenvalue weighted by Crippen LogP contribution is 2.41. The Kier molecular flexibility index (Phi) is 5.88. The summed E-state index contributed by atoms with van der Waals surface area (Å²) in [7, 11) is 0. The number of nitriles is 2. The number of rotatable bonds is 3. The second kappa shape index (κ2) is 9.98. The van der Waals surface area contributed by atoms with Gasteiger partial charge in [-0.15, -0.1) is 0 Å². The Morgan fingerprint density at radius 2 is 1.00 bits per heavy atom. The van der Waals surface area contributed by atoms with Crippen LogP contribution in [0.3, 0.4) is 0 Å². The summed E-state index contributed by atoms with van der Waals surface area (Å²) in [6, 6.07) is 45.0. The number of benzene rings is 6. The molecule has 0 bridgehead atoms. The molecule has 0 atom stereocenters. The molecule has 0 amide bonds. The van der Waals surface area contributed by atoms with Crippen LogP contribution in [0.1, 0.15) is 27.8 Å². The van der Waals surface area contributed by atoms with Gasteiger partial charge in [0.05, 0.1) is 56.7 Å². The van der Waals surface area contributed by atoms with Gasteiger partial charge in [0.15, 0.2) is 0 Å². The Morgan fingerprint density at radius 3 is 1.56 bits per heavy atom. The second-order valence-corrected chi connectivity index (χ2v) is 11.9. The van der Waals surface area contributed by atoms with Crippen molar-refractivity contribution in [3.05, 3.63) is 143 Å². The summed E-state index contributed by atoms with van der Waals surface area (Å²) >= 11 is 0. The maximum Gasteiger partial charge on any atom is 0.0998 e. The predicted molar refractivity (Wildman–Crippen MR) is 184 cm³/mol. The number of hydrogen-bond acceptors (Lipinski definition) is 2. The Balaban J connectivity index is 1.59. The van der Waals surface area contributed by atoms with Crippen LogP contribution < -0.4 is 0 Å². The zero-order chi connectivity index (χ0) is 30.8. The van der Waals surface area contributed by atoms with E-state index in [1.165, 1.54) is 27.3 Å². The van der Waals surface area contributed by atoms with Gasteiger partial charge in [0.2, 0.25) is 0 Å². The fourth-order valence-electron chi connectivity index (χ4n) is 6.95. The first-order valence-corrected chi connectivity index (χ1v) is 15.1. The lowest BCUT2D eigenvalue weighted by Gasteiger charge is -2.20. The van der Waals surface area contributed by atoms with Gasteiger partial charge in [-0.05, 0) is 91.6 Å². The number of fused-ring (bicyclic) bond motifs is 6. The van der Waals surface area contributed by atoms with Crippen molar-refractivity contribution in [2.75, 3.05) is 0 Å². The minimum Gasteiger partial charge on any atom is -0.307 e. The molecule has 0 spiro atoms. The minimum absolute atomic E-state index is 0.554. The van der Waals surface area contributed by atoms with Gasteiger partial charge in [0, 0.05) is 27.1 Å². The third-order valence-corrected chi connectivity index (χ3v) is 8.89. The van der Waals surface area contributed by atoms with Crippen LogP contribution in [0.2, 0.25) is 0 Å². The molecule has 4 heteroatoms. The summed E-state index contributed by atoms with van der Waals surface area (Å²) in [6.45, 7) is 6.23. The maximum atomic E-state index is 10.6. The molecule has 0 saturated carbocycles. The molecule has 0 aliphatic carbocycles. The van der Waals surface area contributed by atoms with E-state index in [4.69, 9.17) is 0 Å². The van der Waals surface area contributed by atoms with Crippen LogP contribution in [0.15, 0.2) is 115 Å². The van der Waals surface area contributed by atoms with Crippen LogP contribution in [0.4, 0.5) is 0 Å². The summed E-state index contributed by atoms with van der Waals surface area (Å²) in [5.41, 5.74) is 12.3. The number of aryl methyl sites for hydroxylation is 3. The number of hydrogen-bond donors (Lipinski definition) is 0. The molecule has 4 nitrogen and oxygen atoms in total. The summed E-state index contributed by atoms with van der Waals surface area (Å²) in [4.78, 5) is 0. The van der Waals surface area contributed by atoms with Gasteiger partial charge < -0.3 is 9.13 Å². The highest BCUT2D eigenvalue weighted by Gasteiger charge is 2.22. The smallest absolute Gasteiger partial charge is 0.0998 e. The molecule has 45 heavy (non-hydrogen) atoms. The number of nitrogens with zero attached hydrogens (tertiary/aromatic N) is 4. The van der Waals surface area contributed by atoms with Crippen LogP contribution in [-0.2, 0) is 0 Å². The highest BCUT2D eigenvalue weighted by atomic mass is 15.1. The Hall–Kier alpha value is -6.10. The predicted octanol–water partition coefficient (Wildman–Crippen LogP) is 10.2. The lowest BCUT2D eigenvalue weighted by atomic mass is 9.95. The summed E-state index contributed by atoms with van der Waals surface area (Å²) in [5.74, 6) is 0. The van der Waals surface area contributed by atoms with Crippen molar-refractivity contribution in [3.63, 3.8) is 0 Å². The van der Waals surface area contributed by atoms with Crippen molar-refractivity contribution in [1.29, 1.82) is 10.5 Å². The maximum absolute atomic E-state index is 10.6. The third-order valence-electron chi connectivity index (χ3n) is 8.89. The minimum atomic E-state index is 0.554. The fraction of sp³-hybridized carbons (Fsp3) is 0.0732. The molecular formula is C41H28N4. The molecule has 0 radical (unpaired) electrons. The number of aromatic nitrogens is 2. The quantitative estimate of drug-likeness (QED) is 0.210. The molecule has 0 aliphatic heterocycles. The van der Waals surface area contributed by atoms with Gasteiger partial charge >= 0.3 is 0 Å². The molecule has 8 aromatic rings. The lowest BCUT2D eigenvalue weighted by molar-refractivity contribution is 1.09. The number of para-hydroxylation sites is 2. The van der Waals surface area contributed by atoms with Gasteiger partial charge in [-0.1, -0.05) is 66.7 Å². The van der Waals surface area contributed by atoms with Gasteiger partial charge in [-0.25, -0.2) is 0 Å². The van der Waals surface area contributed by atoms with Gasteiger partial charge in [0.1, 0.15) is 0 Å². The summed E-state index contributed by atoms with van der Waals surface area (Å²) < 4.78 is 4.65. The average molecular weight is 577 g/mol. The van der Waals surface area contributed by atoms with Crippen molar-refractivity contribution < 1.29 is 0 Å². The molecule has 8 rings (SSSR count). The van der Waals surface area contributed by atoms with Crippen LogP contribution in [-0.4, -0.2) is 9.13 Å². The van der Waals surface area contributed by atoms with E-state index in [-0.39, 0.29) is 0 Å². The van der Waals surface area contributed by atoms with E-state index in [0.29, 0.717) is 11.1 Å². The van der Waals surface area contributed by atoms with Crippen LogP contribution in [0.25, 0.3) is 66.1 Å². The normalized spacial score (nSPS) is 11.4. The van der Waals surface area contributed by atoms with Crippen molar-refractivity contribution >= 4 is 43.6 Å². The van der Waals surface area contributed by atoms with Crippen LogP contribution in [0, 0.1) is 43.4 Å². The SMILES string of the molecule is Cc1cc(C#N)cc(-c2cc(-n3c4ccccc4c4ccc(C)cc43)c(-n3c4ccccc4c4ccc(C)cc43)cc2C#N)c1. The first-order valence-electron chi connectivity index (χ1n) is 15.1. The van der Waals surface area contributed by atoms with Crippen molar-refractivity contribution in [2.24, 2.45) is 0 Å². The van der Waals surface area contributed by atoms with E-state index >= 15 is 0 Å². The molecule has 0 aliphatic rings. The fourth-order valence-corrected chi connectivity index (χ4v) is 6.95. The molecule has 212 valence electrons. The van der Waals surface area contributed by atoms with Crippen LogP contribution >= 0.6 is 0 Å². The standard InChI is InChI=1S/C41H28N4/c1-25-12-14-33-31-8-4-6-10-36(31)44(38(33)18-25)40-21-30(24-43)35(29-17-27(3)16-28(20-29)23-42)22-41(40)45-37-11-7-5-9-32(37)34-15-13-26(2)19-39(34)45/h4-22H,1-3H3.